The van der Waals surface area contributed by atoms with Crippen molar-refractivity contribution in [3.8, 4) is 0 Å². The van der Waals surface area contributed by atoms with Crippen molar-refractivity contribution >= 4 is 11.6 Å². The Morgan fingerprint density at radius 1 is 1.50 bits per heavy atom. The Morgan fingerprint density at radius 3 is 2.88 bits per heavy atom. The maximum atomic E-state index is 11.6. The molecule has 0 N–H and O–H groups in total. The van der Waals surface area contributed by atoms with Gasteiger partial charge in [0.2, 0.25) is 11.6 Å². The second kappa shape index (κ2) is 4.24. The van der Waals surface area contributed by atoms with Crippen molar-refractivity contribution in [2.75, 3.05) is 11.4 Å². The van der Waals surface area contributed by atoms with Gasteiger partial charge in [-0.15, -0.1) is 0 Å². The average molecular weight is 219 g/mol. The van der Waals surface area contributed by atoms with Crippen LogP contribution in [0.25, 0.3) is 0 Å². The molecule has 0 aliphatic carbocycles. The fraction of sp³-hybridized carbons (Fsp3) is 0.538. The van der Waals surface area contributed by atoms with Crippen molar-refractivity contribution in [2.24, 2.45) is 0 Å². The predicted octanol–water partition coefficient (Wildman–Crippen LogP) is 1.85. The molecule has 0 unspecified atom stereocenters. The summed E-state index contributed by atoms with van der Waals surface area (Å²) in [5, 5.41) is 0. The van der Waals surface area contributed by atoms with Crippen LogP contribution in [0.3, 0.4) is 0 Å². The number of amides is 1. The Labute approximate surface area is 96.7 Å². The number of carbonyl (C=O) groups excluding carboxylic acids is 1. The first-order chi connectivity index (χ1) is 7.61. The SMILES string of the molecule is CC(=O)N1CCCc2c1ccc[n+]2C(C)C. The molecule has 3 heteroatoms. The third-order valence-corrected chi connectivity index (χ3v) is 3.13. The average Bonchev–Trinajstić information content (AvgIpc) is 2.27. The Bertz CT molecular complexity index is 412. The summed E-state index contributed by atoms with van der Waals surface area (Å²) in [7, 11) is 0. The van der Waals surface area contributed by atoms with Gasteiger partial charge in [-0.05, 0) is 26.3 Å². The molecule has 3 nitrogen and oxygen atoms in total. The van der Waals surface area contributed by atoms with E-state index in [9.17, 15) is 4.79 Å². The van der Waals surface area contributed by atoms with Crippen LogP contribution in [-0.4, -0.2) is 12.5 Å². The van der Waals surface area contributed by atoms with Crippen molar-refractivity contribution in [2.45, 2.75) is 39.7 Å². The third kappa shape index (κ3) is 1.82. The number of fused-ring (bicyclic) bond motifs is 1. The normalized spacial score (nSPS) is 15.1. The van der Waals surface area contributed by atoms with E-state index in [1.54, 1.807) is 6.92 Å². The van der Waals surface area contributed by atoms with Gasteiger partial charge in [0.15, 0.2) is 12.2 Å². The highest BCUT2D eigenvalue weighted by molar-refractivity contribution is 5.92. The molecular formula is C13H19N2O+. The summed E-state index contributed by atoms with van der Waals surface area (Å²) < 4.78 is 2.27. The van der Waals surface area contributed by atoms with Crippen LogP contribution in [0.4, 0.5) is 5.69 Å². The topological polar surface area (TPSA) is 24.2 Å². The molecule has 0 saturated heterocycles. The lowest BCUT2D eigenvalue weighted by Gasteiger charge is -2.26. The van der Waals surface area contributed by atoms with Gasteiger partial charge in [0.05, 0.1) is 0 Å². The van der Waals surface area contributed by atoms with E-state index < -0.39 is 0 Å². The van der Waals surface area contributed by atoms with Gasteiger partial charge in [0.25, 0.3) is 0 Å². The molecule has 0 spiro atoms. The van der Waals surface area contributed by atoms with Crippen LogP contribution in [0.1, 0.15) is 38.9 Å². The molecule has 1 aromatic rings. The first-order valence-corrected chi connectivity index (χ1v) is 5.92. The molecule has 1 amide bonds. The van der Waals surface area contributed by atoms with Gasteiger partial charge in [-0.25, -0.2) is 0 Å². The lowest BCUT2D eigenvalue weighted by atomic mass is 10.1. The van der Waals surface area contributed by atoms with Crippen LogP contribution in [0.5, 0.6) is 0 Å². The third-order valence-electron chi connectivity index (χ3n) is 3.13. The first kappa shape index (κ1) is 11.1. The molecule has 0 atom stereocenters. The van der Waals surface area contributed by atoms with Crippen LogP contribution in [0.15, 0.2) is 18.3 Å². The summed E-state index contributed by atoms with van der Waals surface area (Å²) in [5.74, 6) is 0.141. The van der Waals surface area contributed by atoms with E-state index >= 15 is 0 Å². The fourth-order valence-corrected chi connectivity index (χ4v) is 2.38. The highest BCUT2D eigenvalue weighted by atomic mass is 16.2. The van der Waals surface area contributed by atoms with E-state index in [1.165, 1.54) is 5.69 Å². The lowest BCUT2D eigenvalue weighted by molar-refractivity contribution is -0.722. The van der Waals surface area contributed by atoms with Gasteiger partial charge in [-0.3, -0.25) is 4.79 Å². The van der Waals surface area contributed by atoms with Gasteiger partial charge >= 0.3 is 0 Å². The number of hydrogen-bond donors (Lipinski definition) is 0. The molecule has 1 aliphatic rings. The molecule has 1 aliphatic heterocycles. The second-order valence-electron chi connectivity index (χ2n) is 4.62. The van der Waals surface area contributed by atoms with Crippen LogP contribution >= 0.6 is 0 Å². The smallest absolute Gasteiger partial charge is 0.224 e. The van der Waals surface area contributed by atoms with Gasteiger partial charge < -0.3 is 4.90 Å². The van der Waals surface area contributed by atoms with E-state index in [-0.39, 0.29) is 5.91 Å². The Hall–Kier alpha value is -1.38. The first-order valence-electron chi connectivity index (χ1n) is 5.92. The summed E-state index contributed by atoms with van der Waals surface area (Å²) >= 11 is 0. The van der Waals surface area contributed by atoms with E-state index in [2.05, 4.69) is 30.7 Å². The lowest BCUT2D eigenvalue weighted by Crippen LogP contribution is -2.45. The number of nitrogens with zero attached hydrogens (tertiary/aromatic N) is 2. The molecule has 2 rings (SSSR count). The zero-order valence-electron chi connectivity index (χ0n) is 10.2. The van der Waals surface area contributed by atoms with E-state index in [1.807, 2.05) is 11.0 Å². The Kier molecular flexibility index (Phi) is 2.95. The van der Waals surface area contributed by atoms with Crippen LogP contribution in [0.2, 0.25) is 0 Å². The summed E-state index contributed by atoms with van der Waals surface area (Å²) in [4.78, 5) is 13.4. The molecule has 86 valence electrons. The minimum Gasteiger partial charge on any atom is -0.307 e. The molecule has 1 aromatic heterocycles. The van der Waals surface area contributed by atoms with Crippen molar-refractivity contribution in [3.05, 3.63) is 24.0 Å². The van der Waals surface area contributed by atoms with E-state index in [0.717, 1.165) is 25.1 Å². The molecule has 0 radical (unpaired) electrons. The number of hydrogen-bond acceptors (Lipinski definition) is 1. The quantitative estimate of drug-likeness (QED) is 0.661. The molecule has 0 aromatic carbocycles. The number of aromatic nitrogens is 1. The zero-order valence-corrected chi connectivity index (χ0v) is 10.2. The predicted molar refractivity (Wildman–Crippen MR) is 63.4 cm³/mol. The maximum absolute atomic E-state index is 11.6. The van der Waals surface area contributed by atoms with E-state index in [4.69, 9.17) is 0 Å². The Morgan fingerprint density at radius 2 is 2.25 bits per heavy atom. The standard InChI is InChI=1S/C13H19N2O/c1-10(2)14-8-4-7-13-12(14)6-5-9-15(13)11(3)16/h4,7-8,10H,5-6,9H2,1-3H3/q+1. The largest absolute Gasteiger partial charge is 0.307 e. The summed E-state index contributed by atoms with van der Waals surface area (Å²) in [6.07, 6.45) is 4.23. The highest BCUT2D eigenvalue weighted by Gasteiger charge is 2.27. The fourth-order valence-electron chi connectivity index (χ4n) is 2.38. The molecular weight excluding hydrogens is 200 g/mol. The minimum absolute atomic E-state index is 0.141. The number of anilines is 1. The number of rotatable bonds is 1. The van der Waals surface area contributed by atoms with Crippen molar-refractivity contribution in [1.29, 1.82) is 0 Å². The van der Waals surface area contributed by atoms with Crippen LogP contribution in [0, 0.1) is 0 Å². The van der Waals surface area contributed by atoms with E-state index in [0.29, 0.717) is 6.04 Å². The monoisotopic (exact) mass is 219 g/mol. The van der Waals surface area contributed by atoms with Gasteiger partial charge in [0.1, 0.15) is 5.69 Å². The van der Waals surface area contributed by atoms with Crippen molar-refractivity contribution < 1.29 is 9.36 Å². The molecule has 16 heavy (non-hydrogen) atoms. The van der Waals surface area contributed by atoms with Crippen molar-refractivity contribution in [3.63, 3.8) is 0 Å². The van der Waals surface area contributed by atoms with Crippen LogP contribution < -0.4 is 9.47 Å². The molecule has 0 saturated carbocycles. The van der Waals surface area contributed by atoms with Gasteiger partial charge in [-0.1, -0.05) is 0 Å². The number of carbonyl (C=O) groups is 1. The van der Waals surface area contributed by atoms with Crippen molar-refractivity contribution in [1.82, 2.24) is 0 Å². The number of pyridine rings is 1. The summed E-state index contributed by atoms with van der Waals surface area (Å²) in [6, 6.07) is 4.52. The molecule has 0 bridgehead atoms. The van der Waals surface area contributed by atoms with Gasteiger partial charge in [0, 0.05) is 26.0 Å². The maximum Gasteiger partial charge on any atom is 0.224 e. The minimum atomic E-state index is 0.141. The summed E-state index contributed by atoms with van der Waals surface area (Å²) in [5.41, 5.74) is 2.38. The molecule has 2 heterocycles. The summed E-state index contributed by atoms with van der Waals surface area (Å²) in [6.45, 7) is 6.84. The van der Waals surface area contributed by atoms with Crippen LogP contribution in [-0.2, 0) is 11.2 Å². The second-order valence-corrected chi connectivity index (χ2v) is 4.62. The molecule has 0 fully saturated rings. The highest BCUT2D eigenvalue weighted by Crippen LogP contribution is 2.24. The zero-order chi connectivity index (χ0) is 11.7. The van der Waals surface area contributed by atoms with Gasteiger partial charge in [-0.2, -0.15) is 4.57 Å². The Balaban J connectivity index is 2.50.